The van der Waals surface area contributed by atoms with Gasteiger partial charge in [0.1, 0.15) is 60.6 Å². The van der Waals surface area contributed by atoms with Crippen LogP contribution in [0.2, 0.25) is 0 Å². The minimum absolute atomic E-state index is 0.0223. The van der Waals surface area contributed by atoms with Gasteiger partial charge in [0.2, 0.25) is 0 Å². The molecule has 5 aromatic rings. The van der Waals surface area contributed by atoms with Gasteiger partial charge in [0.25, 0.3) is 11.1 Å². The van der Waals surface area contributed by atoms with E-state index in [1.165, 1.54) is 6.20 Å². The number of aliphatic hydroxyl groups excluding tert-OH is 2. The van der Waals surface area contributed by atoms with Crippen LogP contribution >= 0.6 is 6.92 Å². The van der Waals surface area contributed by atoms with Gasteiger partial charge in [-0.1, -0.05) is 54.6 Å². The number of nitrogens with one attached hydrogen (secondary N) is 2. The minimum Gasteiger partial charge on any atom is -0.497 e. The third-order valence-corrected chi connectivity index (χ3v) is 13.0. The fraction of sp³-hybridized carbons (Fsp3) is 0.372. The number of aliphatic hydroxyl groups is 2. The molecule has 2 saturated heterocycles. The second kappa shape index (κ2) is 20.8. The third-order valence-electron chi connectivity index (χ3n) is 10.9. The SMILES string of the molecule is COc1ccc(C(OC[C@H]2O[C@@H](n3ccc(=O)[nH]c3=O)[C@H](OCOCCC#N)[C@@H]2O[P+](O)([S-])C[C@H]2O[C@@H](n3ccc(=O)[nH]c3=O)[C@H](O)[C@@H]2O)(c2ccccc2)c2ccc(OC)cc2)cc1. The normalized spacial score (nSPS) is 24.0. The Kier molecular flexibility index (Phi) is 15.2. The molecular weight excluding hydrogens is 890 g/mol. The highest BCUT2D eigenvalue weighted by Crippen LogP contribution is 2.59. The second-order valence-electron chi connectivity index (χ2n) is 14.9. The van der Waals surface area contributed by atoms with Gasteiger partial charge in [-0.05, 0) is 41.0 Å². The lowest BCUT2D eigenvalue weighted by Gasteiger charge is -2.38. The summed E-state index contributed by atoms with van der Waals surface area (Å²) in [5.41, 5.74) is -2.58. The first-order valence-electron chi connectivity index (χ1n) is 20.1. The average molecular weight is 936 g/mol. The van der Waals surface area contributed by atoms with E-state index in [0.29, 0.717) is 28.2 Å². The van der Waals surface area contributed by atoms with E-state index in [-0.39, 0.29) is 19.6 Å². The molecule has 9 atom stereocenters. The summed E-state index contributed by atoms with van der Waals surface area (Å²) in [5.74, 6) is 1.16. The minimum atomic E-state index is -4.19. The fourth-order valence-electron chi connectivity index (χ4n) is 7.78. The molecule has 4 heterocycles. The van der Waals surface area contributed by atoms with Crippen LogP contribution in [0.15, 0.2) is 123 Å². The number of rotatable bonds is 19. The zero-order chi connectivity index (χ0) is 46.3. The van der Waals surface area contributed by atoms with Crippen LogP contribution in [-0.4, -0.2) is 111 Å². The summed E-state index contributed by atoms with van der Waals surface area (Å²) >= 11 is 5.71. The lowest BCUT2D eigenvalue weighted by Crippen LogP contribution is -2.43. The first kappa shape index (κ1) is 47.5. The van der Waals surface area contributed by atoms with Gasteiger partial charge in [0.05, 0.1) is 39.9 Å². The van der Waals surface area contributed by atoms with Crippen molar-refractivity contribution in [2.75, 3.05) is 40.4 Å². The van der Waals surface area contributed by atoms with E-state index in [4.69, 9.17) is 55.2 Å². The summed E-state index contributed by atoms with van der Waals surface area (Å²) in [4.78, 5) is 66.2. The molecule has 2 aliphatic heterocycles. The van der Waals surface area contributed by atoms with E-state index in [1.807, 2.05) is 60.7 Å². The van der Waals surface area contributed by atoms with Crippen molar-refractivity contribution in [3.05, 3.63) is 162 Å². The third kappa shape index (κ3) is 10.5. The van der Waals surface area contributed by atoms with Gasteiger partial charge >= 0.3 is 11.4 Å². The van der Waals surface area contributed by atoms with E-state index in [2.05, 4.69) is 9.97 Å². The maximum absolute atomic E-state index is 13.4. The number of aromatic amines is 2. The Labute approximate surface area is 376 Å². The van der Waals surface area contributed by atoms with E-state index in [9.17, 15) is 34.3 Å². The molecule has 3 aromatic carbocycles. The van der Waals surface area contributed by atoms with Crippen molar-refractivity contribution in [3.63, 3.8) is 0 Å². The lowest BCUT2D eigenvalue weighted by atomic mass is 9.80. The predicted molar refractivity (Wildman–Crippen MR) is 233 cm³/mol. The lowest BCUT2D eigenvalue weighted by molar-refractivity contribution is -0.137. The molecule has 1 unspecified atom stereocenters. The van der Waals surface area contributed by atoms with Gasteiger partial charge in [-0.3, -0.25) is 28.7 Å². The second-order valence-corrected chi connectivity index (χ2v) is 18.5. The number of hydrogen-bond donors (Lipinski definition) is 5. The van der Waals surface area contributed by atoms with Gasteiger partial charge in [-0.25, -0.2) is 19.0 Å². The van der Waals surface area contributed by atoms with Crippen molar-refractivity contribution >= 4 is 19.2 Å². The van der Waals surface area contributed by atoms with Crippen LogP contribution in [0.4, 0.5) is 0 Å². The smallest absolute Gasteiger partial charge is 0.330 e. The van der Waals surface area contributed by atoms with Crippen LogP contribution in [0, 0.1) is 11.3 Å². The number of ether oxygens (including phenoxy) is 7. The topological polar surface area (TPSA) is 268 Å². The highest BCUT2D eigenvalue weighted by molar-refractivity contribution is 8.37. The van der Waals surface area contributed by atoms with E-state index in [1.54, 1.807) is 38.5 Å². The summed E-state index contributed by atoms with van der Waals surface area (Å²) in [6, 6.07) is 27.9. The van der Waals surface area contributed by atoms with Gasteiger partial charge in [-0.2, -0.15) is 5.26 Å². The molecule has 0 saturated carbocycles. The molecule has 2 aliphatic rings. The van der Waals surface area contributed by atoms with Crippen molar-refractivity contribution in [2.45, 2.75) is 61.1 Å². The number of nitrogens with zero attached hydrogens (tertiary/aromatic N) is 3. The molecule has 2 fully saturated rings. The van der Waals surface area contributed by atoms with E-state index in [0.717, 1.165) is 27.5 Å². The van der Waals surface area contributed by atoms with Crippen molar-refractivity contribution in [1.29, 1.82) is 5.26 Å². The summed E-state index contributed by atoms with van der Waals surface area (Å²) < 4.78 is 50.7. The molecule has 0 bridgehead atoms. The fourth-order valence-corrected chi connectivity index (χ4v) is 10.00. The molecular formula is C43H46N5O15PS. The first-order chi connectivity index (χ1) is 31.3. The Morgan fingerprint density at radius 1 is 0.754 bits per heavy atom. The molecule has 344 valence electrons. The Balaban J connectivity index is 1.29. The van der Waals surface area contributed by atoms with Gasteiger partial charge < -0.3 is 55.6 Å². The maximum atomic E-state index is 13.4. The average Bonchev–Trinajstić information content (AvgIpc) is 3.77. The van der Waals surface area contributed by atoms with Crippen molar-refractivity contribution < 1.29 is 52.8 Å². The molecule has 7 rings (SSSR count). The quantitative estimate of drug-likeness (QED) is 0.0259. The Bertz CT molecular complexity index is 2610. The first-order valence-corrected chi connectivity index (χ1v) is 23.0. The molecule has 0 amide bonds. The molecule has 65 heavy (non-hydrogen) atoms. The Morgan fingerprint density at radius 2 is 1.29 bits per heavy atom. The maximum Gasteiger partial charge on any atom is 0.330 e. The van der Waals surface area contributed by atoms with Crippen LogP contribution in [0.3, 0.4) is 0 Å². The van der Waals surface area contributed by atoms with Crippen molar-refractivity contribution in [3.8, 4) is 17.6 Å². The van der Waals surface area contributed by atoms with Crippen molar-refractivity contribution in [2.24, 2.45) is 0 Å². The molecule has 0 spiro atoms. The predicted octanol–water partition coefficient (Wildman–Crippen LogP) is 1.59. The van der Waals surface area contributed by atoms with Crippen LogP contribution in [0.25, 0.3) is 0 Å². The molecule has 5 N–H and O–H groups in total. The summed E-state index contributed by atoms with van der Waals surface area (Å²) in [7, 11) is 3.09. The molecule has 2 aromatic heterocycles. The largest absolute Gasteiger partial charge is 0.497 e. The van der Waals surface area contributed by atoms with E-state index < -0.39 is 97.1 Å². The molecule has 22 heteroatoms. The number of H-pyrrole nitrogens is 2. The Morgan fingerprint density at radius 3 is 1.83 bits per heavy atom. The number of hydrogen-bond acceptors (Lipinski definition) is 17. The van der Waals surface area contributed by atoms with Crippen LogP contribution in [0.1, 0.15) is 35.6 Å². The van der Waals surface area contributed by atoms with Crippen LogP contribution in [0.5, 0.6) is 11.5 Å². The zero-order valence-corrected chi connectivity index (χ0v) is 36.6. The number of aromatic nitrogens is 4. The molecule has 0 aliphatic carbocycles. The van der Waals surface area contributed by atoms with Gasteiger partial charge in [-0.15, -0.1) is 0 Å². The number of methoxy groups -OCH3 is 2. The summed E-state index contributed by atoms with van der Waals surface area (Å²) in [6.07, 6.45) is -9.92. The molecule has 0 radical (unpaired) electrons. The van der Waals surface area contributed by atoms with Gasteiger partial charge in [0, 0.05) is 24.5 Å². The highest BCUT2D eigenvalue weighted by atomic mass is 32.7. The molecule has 20 nitrogen and oxygen atoms in total. The number of nitriles is 1. The van der Waals surface area contributed by atoms with Crippen LogP contribution in [-0.2, 0) is 46.1 Å². The Hall–Kier alpha value is -5.47. The van der Waals surface area contributed by atoms with Crippen LogP contribution < -0.4 is 32.0 Å². The monoisotopic (exact) mass is 935 g/mol. The standard InChI is InChI=1S/C43H46N5O15PS/c1-56-29-13-9-27(10-14-29)43(26-7-4-3-5-8-26,28-11-15-30(57-2)16-12-28)60-23-31-37(38(59-25-58-22-6-19-44)40(61-31)48-21-18-34(50)46-42(48)54)63-64(55,65)24-32-35(51)36(52)39(62-32)47-20-17-33(49)45-41(47)53/h3-5,7-18,20-21,31-32,35-40,51-52H,6,22-25H2,1-2H3,(H,55,65)(H,45,49,53)(H,46,50,54)/t31-,32-,35-,36-,37-,38-,39-,40-,64?/m1/s1. The van der Waals surface area contributed by atoms with E-state index >= 15 is 0 Å². The summed E-state index contributed by atoms with van der Waals surface area (Å²) in [6.45, 7) is -5.02. The summed E-state index contributed by atoms with van der Waals surface area (Å²) in [5, 5.41) is 31.2. The number of benzene rings is 3. The van der Waals surface area contributed by atoms with Crippen molar-refractivity contribution in [1.82, 2.24) is 19.1 Å². The highest BCUT2D eigenvalue weighted by Gasteiger charge is 2.55. The van der Waals surface area contributed by atoms with Gasteiger partial charge in [0.15, 0.2) is 25.5 Å². The zero-order valence-electron chi connectivity index (χ0n) is 34.9.